The molecule has 4 rings (SSSR count). The number of hydrogen-bond acceptors (Lipinski definition) is 3. The molecule has 4 nitrogen and oxygen atoms in total. The Morgan fingerprint density at radius 3 is 2.74 bits per heavy atom. The van der Waals surface area contributed by atoms with Crippen LogP contribution in [-0.2, 0) is 11.3 Å². The molecule has 1 aliphatic carbocycles. The summed E-state index contributed by atoms with van der Waals surface area (Å²) in [6.07, 6.45) is 2.50. The molecule has 0 unspecified atom stereocenters. The van der Waals surface area contributed by atoms with Gasteiger partial charge >= 0.3 is 0 Å². The SMILES string of the molecule is O=C(NCc1ccc(-c2ccccc2)o1)[C@H]1C[C@H]1c1ccco1. The van der Waals surface area contributed by atoms with Crippen LogP contribution in [0.2, 0.25) is 0 Å². The lowest BCUT2D eigenvalue weighted by molar-refractivity contribution is -0.122. The average molecular weight is 307 g/mol. The van der Waals surface area contributed by atoms with Crippen LogP contribution in [0.25, 0.3) is 11.3 Å². The second kappa shape index (κ2) is 5.80. The molecule has 1 fully saturated rings. The molecule has 23 heavy (non-hydrogen) atoms. The van der Waals surface area contributed by atoms with E-state index >= 15 is 0 Å². The normalized spacial score (nSPS) is 19.5. The van der Waals surface area contributed by atoms with E-state index in [-0.39, 0.29) is 17.7 Å². The fraction of sp³-hybridized carbons (Fsp3) is 0.211. The Labute approximate surface area is 134 Å². The Morgan fingerprint density at radius 2 is 1.96 bits per heavy atom. The molecule has 1 aromatic carbocycles. The third kappa shape index (κ3) is 2.93. The van der Waals surface area contributed by atoms with Gasteiger partial charge in [-0.25, -0.2) is 0 Å². The van der Waals surface area contributed by atoms with Crippen molar-refractivity contribution in [1.29, 1.82) is 0 Å². The van der Waals surface area contributed by atoms with Gasteiger partial charge in [0.1, 0.15) is 17.3 Å². The highest BCUT2D eigenvalue weighted by molar-refractivity contribution is 5.82. The molecular weight excluding hydrogens is 290 g/mol. The molecule has 0 radical (unpaired) electrons. The molecule has 3 aromatic rings. The monoisotopic (exact) mass is 307 g/mol. The number of carbonyl (C=O) groups excluding carboxylic acids is 1. The smallest absolute Gasteiger partial charge is 0.224 e. The maximum Gasteiger partial charge on any atom is 0.224 e. The molecule has 2 aromatic heterocycles. The van der Waals surface area contributed by atoms with E-state index in [1.54, 1.807) is 6.26 Å². The third-order valence-corrected chi connectivity index (χ3v) is 4.19. The zero-order valence-electron chi connectivity index (χ0n) is 12.6. The van der Waals surface area contributed by atoms with E-state index in [4.69, 9.17) is 8.83 Å². The Hall–Kier alpha value is -2.75. The van der Waals surface area contributed by atoms with Crippen molar-refractivity contribution in [2.75, 3.05) is 0 Å². The molecule has 1 saturated carbocycles. The Kier molecular flexibility index (Phi) is 3.50. The number of rotatable bonds is 5. The maximum atomic E-state index is 12.2. The van der Waals surface area contributed by atoms with Crippen molar-refractivity contribution >= 4 is 5.91 Å². The first-order valence-electron chi connectivity index (χ1n) is 7.76. The number of furan rings is 2. The zero-order valence-corrected chi connectivity index (χ0v) is 12.6. The van der Waals surface area contributed by atoms with Crippen LogP contribution in [0.3, 0.4) is 0 Å². The van der Waals surface area contributed by atoms with Gasteiger partial charge in [0.2, 0.25) is 5.91 Å². The van der Waals surface area contributed by atoms with E-state index in [0.29, 0.717) is 6.54 Å². The highest BCUT2D eigenvalue weighted by Crippen LogP contribution is 2.47. The van der Waals surface area contributed by atoms with Gasteiger partial charge in [-0.15, -0.1) is 0 Å². The van der Waals surface area contributed by atoms with Crippen LogP contribution in [0, 0.1) is 5.92 Å². The molecule has 1 N–H and O–H groups in total. The zero-order chi connectivity index (χ0) is 15.6. The summed E-state index contributed by atoms with van der Waals surface area (Å²) in [5.41, 5.74) is 1.03. The largest absolute Gasteiger partial charge is 0.469 e. The quantitative estimate of drug-likeness (QED) is 0.776. The Balaban J connectivity index is 1.33. The summed E-state index contributed by atoms with van der Waals surface area (Å²) in [4.78, 5) is 12.2. The summed E-state index contributed by atoms with van der Waals surface area (Å²) in [7, 11) is 0. The van der Waals surface area contributed by atoms with Crippen LogP contribution < -0.4 is 5.32 Å². The summed E-state index contributed by atoms with van der Waals surface area (Å²) < 4.78 is 11.1. The third-order valence-electron chi connectivity index (χ3n) is 4.19. The molecule has 1 amide bonds. The summed E-state index contributed by atoms with van der Waals surface area (Å²) in [5.74, 6) is 2.77. The van der Waals surface area contributed by atoms with Crippen LogP contribution in [-0.4, -0.2) is 5.91 Å². The first kappa shape index (κ1) is 13.9. The highest BCUT2D eigenvalue weighted by atomic mass is 16.3. The van der Waals surface area contributed by atoms with Gasteiger partial charge < -0.3 is 14.2 Å². The lowest BCUT2D eigenvalue weighted by Gasteiger charge is -2.02. The van der Waals surface area contributed by atoms with Crippen molar-refractivity contribution in [3.05, 3.63) is 72.4 Å². The van der Waals surface area contributed by atoms with E-state index in [1.807, 2.05) is 54.6 Å². The van der Waals surface area contributed by atoms with E-state index < -0.39 is 0 Å². The second-order valence-corrected chi connectivity index (χ2v) is 5.81. The molecule has 4 heteroatoms. The van der Waals surface area contributed by atoms with Crippen molar-refractivity contribution in [2.45, 2.75) is 18.9 Å². The van der Waals surface area contributed by atoms with Gasteiger partial charge in [0.05, 0.1) is 12.8 Å². The van der Waals surface area contributed by atoms with Gasteiger partial charge in [-0.05, 0) is 30.7 Å². The maximum absolute atomic E-state index is 12.2. The molecule has 0 aliphatic heterocycles. The van der Waals surface area contributed by atoms with Crippen molar-refractivity contribution in [2.24, 2.45) is 5.92 Å². The fourth-order valence-electron chi connectivity index (χ4n) is 2.84. The Morgan fingerprint density at radius 1 is 1.09 bits per heavy atom. The summed E-state index contributed by atoms with van der Waals surface area (Å²) >= 11 is 0. The number of carbonyl (C=O) groups is 1. The minimum atomic E-state index is 0.0182. The topological polar surface area (TPSA) is 55.4 Å². The average Bonchev–Trinajstić information content (AvgIpc) is 3.02. The van der Waals surface area contributed by atoms with Gasteiger partial charge in [0.15, 0.2) is 0 Å². The van der Waals surface area contributed by atoms with E-state index in [9.17, 15) is 4.79 Å². The predicted molar refractivity (Wildman–Crippen MR) is 85.5 cm³/mol. The van der Waals surface area contributed by atoms with Gasteiger partial charge in [-0.1, -0.05) is 30.3 Å². The van der Waals surface area contributed by atoms with Gasteiger partial charge in [0, 0.05) is 17.4 Å². The van der Waals surface area contributed by atoms with Crippen LogP contribution in [0.5, 0.6) is 0 Å². The second-order valence-electron chi connectivity index (χ2n) is 5.81. The van der Waals surface area contributed by atoms with Gasteiger partial charge in [-0.2, -0.15) is 0 Å². The van der Waals surface area contributed by atoms with E-state index in [0.717, 1.165) is 29.3 Å². The van der Waals surface area contributed by atoms with Crippen molar-refractivity contribution in [3.63, 3.8) is 0 Å². The summed E-state index contributed by atoms with van der Waals surface area (Å²) in [5, 5.41) is 2.94. The van der Waals surface area contributed by atoms with Crippen LogP contribution >= 0.6 is 0 Å². The molecule has 1 aliphatic rings. The van der Waals surface area contributed by atoms with Gasteiger partial charge in [0.25, 0.3) is 0 Å². The van der Waals surface area contributed by atoms with Crippen molar-refractivity contribution in [3.8, 4) is 11.3 Å². The Bertz CT molecular complexity index is 789. The number of amides is 1. The molecule has 0 bridgehead atoms. The van der Waals surface area contributed by atoms with Crippen LogP contribution in [0.15, 0.2) is 69.7 Å². The van der Waals surface area contributed by atoms with Gasteiger partial charge in [-0.3, -0.25) is 4.79 Å². The fourth-order valence-corrected chi connectivity index (χ4v) is 2.84. The molecular formula is C19H17NO3. The molecule has 0 saturated heterocycles. The van der Waals surface area contributed by atoms with Crippen molar-refractivity contribution in [1.82, 2.24) is 5.32 Å². The number of benzene rings is 1. The lowest BCUT2D eigenvalue weighted by atomic mass is 10.2. The summed E-state index contributed by atoms with van der Waals surface area (Å²) in [6.45, 7) is 0.410. The van der Waals surface area contributed by atoms with Crippen molar-refractivity contribution < 1.29 is 13.6 Å². The molecule has 0 spiro atoms. The van der Waals surface area contributed by atoms with Crippen LogP contribution in [0.1, 0.15) is 23.9 Å². The number of hydrogen-bond donors (Lipinski definition) is 1. The molecule has 2 atom stereocenters. The van der Waals surface area contributed by atoms with Crippen LogP contribution in [0.4, 0.5) is 0 Å². The van der Waals surface area contributed by atoms with E-state index in [1.165, 1.54) is 0 Å². The predicted octanol–water partition coefficient (Wildman–Crippen LogP) is 3.96. The molecule has 116 valence electrons. The highest BCUT2D eigenvalue weighted by Gasteiger charge is 2.45. The first-order chi connectivity index (χ1) is 11.3. The minimum Gasteiger partial charge on any atom is -0.469 e. The summed E-state index contributed by atoms with van der Waals surface area (Å²) in [6, 6.07) is 17.5. The number of nitrogens with one attached hydrogen (secondary N) is 1. The van der Waals surface area contributed by atoms with E-state index in [2.05, 4.69) is 5.32 Å². The lowest BCUT2D eigenvalue weighted by Crippen LogP contribution is -2.24. The molecule has 2 heterocycles. The minimum absolute atomic E-state index is 0.0182. The first-order valence-corrected chi connectivity index (χ1v) is 7.76. The standard InChI is InChI=1S/C19H17NO3/c21-19(16-11-15(16)18-7-4-10-22-18)20-12-14-8-9-17(23-14)13-5-2-1-3-6-13/h1-10,15-16H,11-12H2,(H,20,21)/t15-,16+/m1/s1.